The monoisotopic (exact) mass is 679 g/mol. The molecule has 2 heterocycles. The largest absolute Gasteiger partial charge is 0.456 e. The van der Waals surface area contributed by atoms with E-state index in [0.29, 0.717) is 17.5 Å². The molecule has 0 saturated carbocycles. The molecule has 0 amide bonds. The van der Waals surface area contributed by atoms with E-state index in [-0.39, 0.29) is 0 Å². The van der Waals surface area contributed by atoms with E-state index in [1.165, 1.54) is 33.0 Å². The van der Waals surface area contributed by atoms with Crippen molar-refractivity contribution in [2.24, 2.45) is 0 Å². The Morgan fingerprint density at radius 1 is 0.396 bits per heavy atom. The molecule has 1 aliphatic rings. The van der Waals surface area contributed by atoms with Crippen molar-refractivity contribution in [3.05, 3.63) is 182 Å². The molecule has 4 heteroatoms. The van der Waals surface area contributed by atoms with Gasteiger partial charge in [0.15, 0.2) is 17.5 Å². The van der Waals surface area contributed by atoms with Crippen molar-refractivity contribution in [1.82, 2.24) is 15.0 Å². The summed E-state index contributed by atoms with van der Waals surface area (Å²) >= 11 is 0. The van der Waals surface area contributed by atoms with Crippen molar-refractivity contribution in [3.8, 4) is 56.4 Å². The Bertz CT molecular complexity index is 2870. The smallest absolute Gasteiger partial charge is 0.164 e. The van der Waals surface area contributed by atoms with Gasteiger partial charge < -0.3 is 4.42 Å². The molecule has 0 radical (unpaired) electrons. The van der Waals surface area contributed by atoms with Gasteiger partial charge in [-0.05, 0) is 75.2 Å². The van der Waals surface area contributed by atoms with Crippen LogP contribution < -0.4 is 0 Å². The Morgan fingerprint density at radius 2 is 0.962 bits per heavy atom. The minimum Gasteiger partial charge on any atom is -0.456 e. The molecular weight excluding hydrogens is 647 g/mol. The quantitative estimate of drug-likeness (QED) is 0.175. The lowest BCUT2D eigenvalue weighted by molar-refractivity contribution is 0.669. The van der Waals surface area contributed by atoms with Gasteiger partial charge in [-0.25, -0.2) is 15.0 Å². The van der Waals surface area contributed by atoms with E-state index in [4.69, 9.17) is 19.4 Å². The topological polar surface area (TPSA) is 51.8 Å². The molecule has 53 heavy (non-hydrogen) atoms. The second-order valence-corrected chi connectivity index (χ2v) is 13.5. The molecular formula is C49H33N3O. The summed E-state index contributed by atoms with van der Waals surface area (Å²) in [6.07, 6.45) is 8.90. The number of benzene rings is 7. The highest BCUT2D eigenvalue weighted by Gasteiger charge is 2.21. The first-order valence-electron chi connectivity index (χ1n) is 18.1. The molecule has 7 aromatic carbocycles. The molecule has 0 fully saturated rings. The van der Waals surface area contributed by atoms with Crippen molar-refractivity contribution < 1.29 is 4.42 Å². The zero-order chi connectivity index (χ0) is 35.1. The van der Waals surface area contributed by atoms with Gasteiger partial charge in [0.2, 0.25) is 0 Å². The number of nitrogens with zero attached hydrogens (tertiary/aromatic N) is 3. The fourth-order valence-electron chi connectivity index (χ4n) is 7.59. The summed E-state index contributed by atoms with van der Waals surface area (Å²) in [6.45, 7) is 0. The Hall–Kier alpha value is -6.91. The number of furan rings is 1. The SMILES string of the molecule is C1=CC(c2ccc(-c3nc(-c4ccccc4)nc(-c4cc(-c5ccc(-c6ccccc6)c6ccccc56)cc5oc6ccccc6c45)n3)cc2)=CCC1. The van der Waals surface area contributed by atoms with E-state index in [0.717, 1.165) is 62.6 Å². The van der Waals surface area contributed by atoms with Crippen molar-refractivity contribution in [2.75, 3.05) is 0 Å². The van der Waals surface area contributed by atoms with Crippen LogP contribution >= 0.6 is 0 Å². The molecule has 0 aliphatic heterocycles. The minimum atomic E-state index is 0.597. The highest BCUT2D eigenvalue weighted by molar-refractivity contribution is 6.14. The zero-order valence-corrected chi connectivity index (χ0v) is 28.9. The minimum absolute atomic E-state index is 0.597. The Labute approximate surface area is 307 Å². The normalized spacial score (nSPS) is 12.8. The third-order valence-electron chi connectivity index (χ3n) is 10.2. The Morgan fingerprint density at radius 3 is 1.64 bits per heavy atom. The van der Waals surface area contributed by atoms with Crippen LogP contribution in [0.15, 0.2) is 180 Å². The fraction of sp³-hybridized carbons (Fsp3) is 0.0408. The molecule has 0 spiro atoms. The highest BCUT2D eigenvalue weighted by Crippen LogP contribution is 2.42. The van der Waals surface area contributed by atoms with Gasteiger partial charge in [0.1, 0.15) is 11.2 Å². The van der Waals surface area contributed by atoms with Crippen LogP contribution in [0, 0.1) is 0 Å². The summed E-state index contributed by atoms with van der Waals surface area (Å²) in [5, 5.41) is 4.37. The van der Waals surface area contributed by atoms with Crippen LogP contribution in [0.4, 0.5) is 0 Å². The molecule has 4 nitrogen and oxygen atoms in total. The fourth-order valence-corrected chi connectivity index (χ4v) is 7.59. The molecule has 0 N–H and O–H groups in total. The van der Waals surface area contributed by atoms with Gasteiger partial charge in [0, 0.05) is 27.5 Å². The van der Waals surface area contributed by atoms with Gasteiger partial charge in [-0.1, -0.05) is 158 Å². The average molecular weight is 680 g/mol. The molecule has 0 saturated heterocycles. The predicted octanol–water partition coefficient (Wildman–Crippen LogP) is 13.0. The van der Waals surface area contributed by atoms with Crippen LogP contribution in [0.3, 0.4) is 0 Å². The van der Waals surface area contributed by atoms with Crippen LogP contribution in [0.25, 0.3) is 94.7 Å². The number of allylic oxidation sites excluding steroid dienone is 4. The maximum absolute atomic E-state index is 6.60. The number of aromatic nitrogens is 3. The second-order valence-electron chi connectivity index (χ2n) is 13.5. The van der Waals surface area contributed by atoms with Gasteiger partial charge >= 0.3 is 0 Å². The summed E-state index contributed by atoms with van der Waals surface area (Å²) in [7, 11) is 0. The lowest BCUT2D eigenvalue weighted by Gasteiger charge is -2.14. The van der Waals surface area contributed by atoms with E-state index < -0.39 is 0 Å². The third-order valence-corrected chi connectivity index (χ3v) is 10.2. The first-order valence-corrected chi connectivity index (χ1v) is 18.1. The lowest BCUT2D eigenvalue weighted by Crippen LogP contribution is -2.01. The number of hydrogen-bond donors (Lipinski definition) is 0. The molecule has 0 unspecified atom stereocenters. The van der Waals surface area contributed by atoms with Crippen LogP contribution in [0.5, 0.6) is 0 Å². The van der Waals surface area contributed by atoms with Gasteiger partial charge in [-0.15, -0.1) is 0 Å². The zero-order valence-electron chi connectivity index (χ0n) is 28.9. The van der Waals surface area contributed by atoms with Crippen molar-refractivity contribution in [2.45, 2.75) is 12.8 Å². The molecule has 0 atom stereocenters. The highest BCUT2D eigenvalue weighted by atomic mass is 16.3. The summed E-state index contributed by atoms with van der Waals surface area (Å²) < 4.78 is 6.60. The summed E-state index contributed by atoms with van der Waals surface area (Å²) in [4.78, 5) is 15.5. The lowest BCUT2D eigenvalue weighted by atomic mass is 9.90. The van der Waals surface area contributed by atoms with Crippen molar-refractivity contribution in [3.63, 3.8) is 0 Å². The second kappa shape index (κ2) is 13.0. The molecule has 1 aliphatic carbocycles. The standard InChI is InChI=1S/C49H33N3O/c1-4-14-32(15-5-1)33-24-26-36(27-25-33)48-50-47(35-18-8-3-9-19-35)51-49(52-48)43-30-37(31-45-46(43)42-22-12-13-23-44(42)53-45)39-29-28-38(34-16-6-2-7-17-34)40-20-10-11-21-41(39)40/h2-4,6-31H,1,5H2. The Balaban J connectivity index is 1.20. The van der Waals surface area contributed by atoms with Gasteiger partial charge in [0.25, 0.3) is 0 Å². The average Bonchev–Trinajstić information content (AvgIpc) is 3.62. The van der Waals surface area contributed by atoms with Gasteiger partial charge in [-0.3, -0.25) is 0 Å². The molecule has 0 bridgehead atoms. The first-order chi connectivity index (χ1) is 26.3. The van der Waals surface area contributed by atoms with Crippen molar-refractivity contribution >= 4 is 38.3 Å². The maximum Gasteiger partial charge on any atom is 0.164 e. The third kappa shape index (κ3) is 5.62. The number of fused-ring (bicyclic) bond motifs is 4. The van der Waals surface area contributed by atoms with Crippen LogP contribution in [0.1, 0.15) is 18.4 Å². The van der Waals surface area contributed by atoms with Crippen LogP contribution in [-0.4, -0.2) is 15.0 Å². The van der Waals surface area contributed by atoms with Crippen LogP contribution in [-0.2, 0) is 0 Å². The van der Waals surface area contributed by atoms with E-state index in [9.17, 15) is 0 Å². The summed E-state index contributed by atoms with van der Waals surface area (Å²) in [5.41, 5.74) is 11.3. The van der Waals surface area contributed by atoms with Crippen LogP contribution in [0.2, 0.25) is 0 Å². The first kappa shape index (κ1) is 30.9. The molecule has 250 valence electrons. The summed E-state index contributed by atoms with van der Waals surface area (Å²) in [6, 6.07) is 55.0. The van der Waals surface area contributed by atoms with E-state index in [2.05, 4.69) is 133 Å². The van der Waals surface area contributed by atoms with Crippen molar-refractivity contribution in [1.29, 1.82) is 0 Å². The molecule has 9 aromatic rings. The maximum atomic E-state index is 6.60. The molecule has 2 aromatic heterocycles. The number of hydrogen-bond acceptors (Lipinski definition) is 4. The van der Waals surface area contributed by atoms with Gasteiger partial charge in [0.05, 0.1) is 0 Å². The number of para-hydroxylation sites is 1. The van der Waals surface area contributed by atoms with E-state index in [1.807, 2.05) is 42.5 Å². The predicted molar refractivity (Wildman–Crippen MR) is 218 cm³/mol. The van der Waals surface area contributed by atoms with Gasteiger partial charge in [-0.2, -0.15) is 0 Å². The van der Waals surface area contributed by atoms with E-state index in [1.54, 1.807) is 0 Å². The Kier molecular flexibility index (Phi) is 7.58. The summed E-state index contributed by atoms with van der Waals surface area (Å²) in [5.74, 6) is 1.84. The molecule has 10 rings (SSSR count). The number of rotatable bonds is 6. The van der Waals surface area contributed by atoms with E-state index >= 15 is 0 Å².